The maximum absolute atomic E-state index is 5.84. The Hall–Kier alpha value is -2.67. The lowest BCUT2D eigenvalue weighted by Gasteiger charge is -1.96. The molecular formula is C12H9ClN6O. The van der Waals surface area contributed by atoms with Crippen molar-refractivity contribution in [3.8, 4) is 11.3 Å². The fraction of sp³-hybridized carbons (Fsp3) is 0. The van der Waals surface area contributed by atoms with Crippen LogP contribution in [0.2, 0.25) is 5.02 Å². The van der Waals surface area contributed by atoms with E-state index < -0.39 is 0 Å². The second kappa shape index (κ2) is 5.14. The molecule has 0 radical (unpaired) electrons. The number of tetrazole rings is 1. The number of nitrogen functional groups attached to an aromatic ring is 1. The molecule has 0 aliphatic rings. The number of hydrogen-bond acceptors (Lipinski definition) is 6. The van der Waals surface area contributed by atoms with Gasteiger partial charge in [0.1, 0.15) is 11.5 Å². The van der Waals surface area contributed by atoms with Crippen LogP contribution in [0.25, 0.3) is 11.3 Å². The van der Waals surface area contributed by atoms with Gasteiger partial charge in [0.15, 0.2) is 0 Å². The molecule has 1 aromatic carbocycles. The third-order valence-corrected chi connectivity index (χ3v) is 2.78. The van der Waals surface area contributed by atoms with Crippen molar-refractivity contribution >= 4 is 23.8 Å². The molecule has 0 bridgehead atoms. The number of aromatic nitrogens is 4. The Labute approximate surface area is 118 Å². The summed E-state index contributed by atoms with van der Waals surface area (Å²) in [5.74, 6) is 1.38. The van der Waals surface area contributed by atoms with Gasteiger partial charge in [0, 0.05) is 10.6 Å². The maximum atomic E-state index is 5.84. The smallest absolute Gasteiger partial charge is 0.263 e. The van der Waals surface area contributed by atoms with Gasteiger partial charge in [-0.1, -0.05) is 21.5 Å². The van der Waals surface area contributed by atoms with Gasteiger partial charge in [-0.15, -0.1) is 0 Å². The molecule has 20 heavy (non-hydrogen) atoms. The van der Waals surface area contributed by atoms with E-state index in [2.05, 4.69) is 20.6 Å². The monoisotopic (exact) mass is 288 g/mol. The molecule has 3 rings (SSSR count). The molecule has 0 amide bonds. The van der Waals surface area contributed by atoms with E-state index >= 15 is 0 Å². The van der Waals surface area contributed by atoms with E-state index in [0.717, 1.165) is 10.4 Å². The van der Waals surface area contributed by atoms with Gasteiger partial charge in [0.25, 0.3) is 5.95 Å². The first-order valence-electron chi connectivity index (χ1n) is 5.66. The van der Waals surface area contributed by atoms with E-state index in [1.165, 1.54) is 6.21 Å². The van der Waals surface area contributed by atoms with Crippen molar-refractivity contribution < 1.29 is 4.42 Å². The molecule has 2 aromatic heterocycles. The summed E-state index contributed by atoms with van der Waals surface area (Å²) in [5.41, 5.74) is 6.41. The second-order valence-electron chi connectivity index (χ2n) is 3.88. The second-order valence-corrected chi connectivity index (χ2v) is 4.32. The Kier molecular flexibility index (Phi) is 3.18. The van der Waals surface area contributed by atoms with Crippen molar-refractivity contribution in [3.05, 3.63) is 47.2 Å². The minimum Gasteiger partial charge on any atom is -0.455 e. The van der Waals surface area contributed by atoms with E-state index in [1.54, 1.807) is 18.2 Å². The van der Waals surface area contributed by atoms with E-state index in [1.807, 2.05) is 18.2 Å². The predicted molar refractivity (Wildman–Crippen MR) is 74.4 cm³/mol. The highest BCUT2D eigenvalue weighted by Crippen LogP contribution is 2.23. The SMILES string of the molecule is Nc1nnnn1N=Cc1ccc(-c2ccc(Cl)cc2)o1. The molecule has 0 atom stereocenters. The standard InChI is InChI=1S/C12H9ClN6O/c13-9-3-1-8(2-4-9)11-6-5-10(20-11)7-15-19-12(14)16-17-18-19/h1-7H,(H2,14,16,18). The average Bonchev–Trinajstić information content (AvgIpc) is 3.06. The summed E-state index contributed by atoms with van der Waals surface area (Å²) in [7, 11) is 0. The number of hydrogen-bond donors (Lipinski definition) is 1. The van der Waals surface area contributed by atoms with Gasteiger partial charge in [0.2, 0.25) is 0 Å². The fourth-order valence-electron chi connectivity index (χ4n) is 1.57. The Bertz CT molecular complexity index is 745. The minimum atomic E-state index is 0.103. The van der Waals surface area contributed by atoms with Crippen LogP contribution in [0.15, 0.2) is 45.9 Å². The molecule has 100 valence electrons. The number of halogens is 1. The van der Waals surface area contributed by atoms with Crippen molar-refractivity contribution in [3.63, 3.8) is 0 Å². The third kappa shape index (κ3) is 2.52. The van der Waals surface area contributed by atoms with Crippen molar-refractivity contribution in [2.45, 2.75) is 0 Å². The number of nitrogens with two attached hydrogens (primary N) is 1. The van der Waals surface area contributed by atoms with Gasteiger partial charge in [-0.2, -0.15) is 5.10 Å². The summed E-state index contributed by atoms with van der Waals surface area (Å²) in [5, 5.41) is 15.1. The number of nitrogens with zero attached hydrogens (tertiary/aromatic N) is 5. The van der Waals surface area contributed by atoms with Crippen LogP contribution in [-0.2, 0) is 0 Å². The predicted octanol–water partition coefficient (Wildman–Crippen LogP) is 2.05. The maximum Gasteiger partial charge on any atom is 0.263 e. The van der Waals surface area contributed by atoms with Gasteiger partial charge < -0.3 is 10.2 Å². The Morgan fingerprint density at radius 1 is 1.20 bits per heavy atom. The van der Waals surface area contributed by atoms with Gasteiger partial charge in [-0.25, -0.2) is 0 Å². The van der Waals surface area contributed by atoms with Crippen LogP contribution in [0, 0.1) is 0 Å². The van der Waals surface area contributed by atoms with E-state index in [-0.39, 0.29) is 5.95 Å². The van der Waals surface area contributed by atoms with Crippen molar-refractivity contribution in [1.29, 1.82) is 0 Å². The van der Waals surface area contributed by atoms with E-state index in [0.29, 0.717) is 16.5 Å². The fourth-order valence-corrected chi connectivity index (χ4v) is 1.70. The number of benzene rings is 1. The molecule has 0 saturated heterocycles. The van der Waals surface area contributed by atoms with Crippen LogP contribution in [0.4, 0.5) is 5.95 Å². The number of anilines is 1. The zero-order valence-electron chi connectivity index (χ0n) is 10.1. The lowest BCUT2D eigenvalue weighted by Crippen LogP contribution is -1.99. The van der Waals surface area contributed by atoms with Crippen LogP contribution in [0.1, 0.15) is 5.76 Å². The highest BCUT2D eigenvalue weighted by atomic mass is 35.5. The van der Waals surface area contributed by atoms with Gasteiger partial charge in [0.05, 0.1) is 6.21 Å². The lowest BCUT2D eigenvalue weighted by atomic mass is 10.2. The quantitative estimate of drug-likeness (QED) is 0.744. The van der Waals surface area contributed by atoms with E-state index in [9.17, 15) is 0 Å². The zero-order valence-corrected chi connectivity index (χ0v) is 10.9. The molecule has 7 nitrogen and oxygen atoms in total. The Morgan fingerprint density at radius 2 is 2.00 bits per heavy atom. The summed E-state index contributed by atoms with van der Waals surface area (Å²) in [4.78, 5) is 1.10. The largest absolute Gasteiger partial charge is 0.455 e. The summed E-state index contributed by atoms with van der Waals surface area (Å²) >= 11 is 5.84. The van der Waals surface area contributed by atoms with Crippen LogP contribution >= 0.6 is 11.6 Å². The average molecular weight is 289 g/mol. The summed E-state index contributed by atoms with van der Waals surface area (Å²) < 4.78 is 5.63. The van der Waals surface area contributed by atoms with Crippen LogP contribution in [0.3, 0.4) is 0 Å². The summed E-state index contributed by atoms with van der Waals surface area (Å²) in [6, 6.07) is 11.0. The molecule has 8 heteroatoms. The zero-order chi connectivity index (χ0) is 13.9. The first-order chi connectivity index (χ1) is 9.72. The summed E-state index contributed by atoms with van der Waals surface area (Å²) in [6.07, 6.45) is 1.48. The molecule has 0 spiro atoms. The normalized spacial score (nSPS) is 11.2. The molecular weight excluding hydrogens is 280 g/mol. The van der Waals surface area contributed by atoms with Crippen LogP contribution in [0.5, 0.6) is 0 Å². The molecule has 2 N–H and O–H groups in total. The van der Waals surface area contributed by atoms with Gasteiger partial charge in [-0.05, 0) is 46.8 Å². The Balaban J connectivity index is 1.82. The molecule has 2 heterocycles. The first kappa shape index (κ1) is 12.4. The molecule has 0 aliphatic heterocycles. The number of rotatable bonds is 3. The highest BCUT2D eigenvalue weighted by Gasteiger charge is 2.04. The van der Waals surface area contributed by atoms with Crippen LogP contribution in [-0.4, -0.2) is 26.5 Å². The molecule has 0 saturated carbocycles. The Morgan fingerprint density at radius 3 is 2.70 bits per heavy atom. The third-order valence-electron chi connectivity index (χ3n) is 2.53. The van der Waals surface area contributed by atoms with Crippen molar-refractivity contribution in [1.82, 2.24) is 20.3 Å². The van der Waals surface area contributed by atoms with Crippen LogP contribution < -0.4 is 5.73 Å². The van der Waals surface area contributed by atoms with Gasteiger partial charge in [-0.3, -0.25) is 0 Å². The molecule has 0 unspecified atom stereocenters. The van der Waals surface area contributed by atoms with Crippen molar-refractivity contribution in [2.75, 3.05) is 5.73 Å². The lowest BCUT2D eigenvalue weighted by molar-refractivity contribution is 0.573. The molecule has 3 aromatic rings. The minimum absolute atomic E-state index is 0.103. The summed E-state index contributed by atoms with van der Waals surface area (Å²) in [6.45, 7) is 0. The molecule has 0 aliphatic carbocycles. The highest BCUT2D eigenvalue weighted by molar-refractivity contribution is 6.30. The van der Waals surface area contributed by atoms with Crippen molar-refractivity contribution in [2.24, 2.45) is 5.10 Å². The topological polar surface area (TPSA) is 95.1 Å². The van der Waals surface area contributed by atoms with E-state index in [4.69, 9.17) is 21.8 Å². The van der Waals surface area contributed by atoms with Gasteiger partial charge >= 0.3 is 0 Å². The molecule has 0 fully saturated rings. The first-order valence-corrected chi connectivity index (χ1v) is 6.04. The number of furan rings is 1.